The number of carbonyl (C=O) groups excluding carboxylic acids is 3. The van der Waals surface area contributed by atoms with Gasteiger partial charge in [0.2, 0.25) is 5.91 Å². The predicted octanol–water partition coefficient (Wildman–Crippen LogP) is 2.46. The highest BCUT2D eigenvalue weighted by Gasteiger charge is 2.53. The van der Waals surface area contributed by atoms with Gasteiger partial charge in [-0.05, 0) is 62.9 Å². The second kappa shape index (κ2) is 8.62. The fraction of sp³-hybridized carbons (Fsp3) is 0.864. The molecule has 2 saturated heterocycles. The van der Waals surface area contributed by atoms with Gasteiger partial charge in [0.1, 0.15) is 12.1 Å². The van der Waals surface area contributed by atoms with Gasteiger partial charge >= 0.3 is 6.03 Å². The Hall–Kier alpha value is -1.63. The van der Waals surface area contributed by atoms with Crippen molar-refractivity contribution in [3.63, 3.8) is 0 Å². The van der Waals surface area contributed by atoms with Crippen molar-refractivity contribution in [2.75, 3.05) is 39.8 Å². The Balaban J connectivity index is 1.54. The predicted molar refractivity (Wildman–Crippen MR) is 112 cm³/mol. The summed E-state index contributed by atoms with van der Waals surface area (Å²) in [6, 6.07) is -0.413. The van der Waals surface area contributed by atoms with Crippen molar-refractivity contribution >= 4 is 17.8 Å². The maximum Gasteiger partial charge on any atom is 0.325 e. The zero-order chi connectivity index (χ0) is 21.2. The van der Waals surface area contributed by atoms with E-state index < -0.39 is 11.6 Å². The molecule has 3 aliphatic rings. The fourth-order valence-corrected chi connectivity index (χ4v) is 5.02. The Morgan fingerprint density at radius 2 is 1.83 bits per heavy atom. The van der Waals surface area contributed by atoms with Crippen LogP contribution in [-0.4, -0.2) is 77.9 Å². The van der Waals surface area contributed by atoms with E-state index in [1.807, 2.05) is 0 Å². The van der Waals surface area contributed by atoms with E-state index in [-0.39, 0.29) is 23.8 Å². The number of urea groups is 1. The fourth-order valence-electron chi connectivity index (χ4n) is 5.02. The van der Waals surface area contributed by atoms with Crippen LogP contribution in [0.4, 0.5) is 4.79 Å². The molecule has 0 atom stereocenters. The van der Waals surface area contributed by atoms with Crippen molar-refractivity contribution in [1.29, 1.82) is 0 Å². The van der Waals surface area contributed by atoms with Crippen molar-refractivity contribution < 1.29 is 14.4 Å². The molecule has 29 heavy (non-hydrogen) atoms. The van der Waals surface area contributed by atoms with Crippen LogP contribution in [0.15, 0.2) is 0 Å². The molecule has 1 saturated carbocycles. The van der Waals surface area contributed by atoms with E-state index in [9.17, 15) is 14.4 Å². The molecule has 2 heterocycles. The molecule has 7 heteroatoms. The first-order chi connectivity index (χ1) is 13.7. The molecule has 7 nitrogen and oxygen atoms in total. The van der Waals surface area contributed by atoms with Gasteiger partial charge in [-0.3, -0.25) is 14.5 Å². The molecule has 1 N–H and O–H groups in total. The number of rotatable bonds is 7. The zero-order valence-corrected chi connectivity index (χ0v) is 18.6. The lowest BCUT2D eigenvalue weighted by atomic mass is 9.65. The van der Waals surface area contributed by atoms with Crippen LogP contribution >= 0.6 is 0 Å². The molecule has 0 aromatic rings. The normalized spacial score (nSPS) is 28.3. The highest BCUT2D eigenvalue weighted by molar-refractivity contribution is 6.09. The van der Waals surface area contributed by atoms with Crippen LogP contribution < -0.4 is 5.32 Å². The smallest absolute Gasteiger partial charge is 0.325 e. The molecule has 2 aliphatic heterocycles. The van der Waals surface area contributed by atoms with Gasteiger partial charge < -0.3 is 15.1 Å². The summed E-state index contributed by atoms with van der Waals surface area (Å²) in [6.45, 7) is 10.3. The average molecular weight is 407 g/mol. The maximum absolute atomic E-state index is 13.1. The van der Waals surface area contributed by atoms with Crippen LogP contribution in [-0.2, 0) is 9.59 Å². The lowest BCUT2D eigenvalue weighted by Crippen LogP contribution is -2.51. The minimum Gasteiger partial charge on any atom is -0.343 e. The number of amides is 4. The first kappa shape index (κ1) is 22.1. The molecule has 1 spiro atoms. The number of carbonyl (C=O) groups is 3. The Morgan fingerprint density at radius 1 is 1.21 bits per heavy atom. The van der Waals surface area contributed by atoms with E-state index in [0.717, 1.165) is 43.8 Å². The number of hydrogen-bond donors (Lipinski definition) is 1. The largest absolute Gasteiger partial charge is 0.343 e. The molecule has 0 bridgehead atoms. The van der Waals surface area contributed by atoms with Gasteiger partial charge in [0.25, 0.3) is 5.91 Å². The zero-order valence-electron chi connectivity index (χ0n) is 18.6. The average Bonchev–Trinajstić information content (AvgIpc) is 3.29. The first-order valence-corrected chi connectivity index (χ1v) is 11.3. The van der Waals surface area contributed by atoms with Crippen molar-refractivity contribution in [3.05, 3.63) is 0 Å². The van der Waals surface area contributed by atoms with Gasteiger partial charge in [0, 0.05) is 20.1 Å². The van der Waals surface area contributed by atoms with Crippen LogP contribution in [0.1, 0.15) is 65.7 Å². The van der Waals surface area contributed by atoms with Crippen LogP contribution in [0.5, 0.6) is 0 Å². The third-order valence-electron chi connectivity index (χ3n) is 7.77. The van der Waals surface area contributed by atoms with Gasteiger partial charge in [-0.2, -0.15) is 0 Å². The van der Waals surface area contributed by atoms with Crippen LogP contribution in [0.3, 0.4) is 0 Å². The molecular weight excluding hydrogens is 368 g/mol. The van der Waals surface area contributed by atoms with E-state index in [1.165, 1.54) is 12.8 Å². The van der Waals surface area contributed by atoms with Crippen LogP contribution in [0.2, 0.25) is 0 Å². The van der Waals surface area contributed by atoms with Gasteiger partial charge in [-0.25, -0.2) is 4.79 Å². The Labute approximate surface area is 175 Å². The molecular formula is C22H38N4O3. The lowest BCUT2D eigenvalue weighted by molar-refractivity contribution is -0.139. The highest BCUT2D eigenvalue weighted by atomic mass is 16.2. The summed E-state index contributed by atoms with van der Waals surface area (Å²) in [4.78, 5) is 43.4. The SMILES string of the molecule is CCC(C)(C)C1CCC2(CC1)NC(=O)N(CC(=O)N(C)CCN1CCCC1)C2=O. The van der Waals surface area contributed by atoms with Gasteiger partial charge in [-0.15, -0.1) is 0 Å². The molecule has 0 aromatic carbocycles. The summed E-state index contributed by atoms with van der Waals surface area (Å²) in [6.07, 6.45) is 6.75. The van der Waals surface area contributed by atoms with Crippen molar-refractivity contribution in [3.8, 4) is 0 Å². The number of likely N-dealkylation sites (tertiary alicyclic amines) is 1. The van der Waals surface area contributed by atoms with Gasteiger partial charge in [-0.1, -0.05) is 27.2 Å². The molecule has 164 valence electrons. The summed E-state index contributed by atoms with van der Waals surface area (Å²) in [5.41, 5.74) is -0.549. The third kappa shape index (κ3) is 4.60. The Morgan fingerprint density at radius 3 is 2.41 bits per heavy atom. The van der Waals surface area contributed by atoms with E-state index in [1.54, 1.807) is 11.9 Å². The van der Waals surface area contributed by atoms with E-state index in [0.29, 0.717) is 25.3 Å². The van der Waals surface area contributed by atoms with Gasteiger partial charge in [0.15, 0.2) is 0 Å². The summed E-state index contributed by atoms with van der Waals surface area (Å²) < 4.78 is 0. The molecule has 1 aliphatic carbocycles. The van der Waals surface area contributed by atoms with E-state index >= 15 is 0 Å². The monoisotopic (exact) mass is 406 g/mol. The minimum absolute atomic E-state index is 0.160. The second-order valence-electron chi connectivity index (χ2n) is 9.88. The first-order valence-electron chi connectivity index (χ1n) is 11.3. The topological polar surface area (TPSA) is 73.0 Å². The quantitative estimate of drug-likeness (QED) is 0.659. The van der Waals surface area contributed by atoms with Crippen molar-refractivity contribution in [2.45, 2.75) is 71.3 Å². The Kier molecular flexibility index (Phi) is 6.56. The standard InChI is InChI=1S/C22H38N4O3/c1-5-21(2,3)17-8-10-22(11-9-17)19(28)26(20(29)23-22)16-18(27)24(4)14-15-25-12-6-7-13-25/h17H,5-16H2,1-4H3,(H,23,29). The minimum atomic E-state index is -0.800. The number of likely N-dealkylation sites (N-methyl/N-ethyl adjacent to an activating group) is 1. The summed E-state index contributed by atoms with van der Waals surface area (Å²) in [7, 11) is 1.75. The molecule has 0 unspecified atom stereocenters. The van der Waals surface area contributed by atoms with E-state index in [2.05, 4.69) is 31.0 Å². The molecule has 0 aromatic heterocycles. The lowest BCUT2D eigenvalue weighted by Gasteiger charge is -2.42. The molecule has 0 radical (unpaired) electrons. The van der Waals surface area contributed by atoms with Crippen LogP contribution in [0, 0.1) is 11.3 Å². The maximum atomic E-state index is 13.1. The van der Waals surface area contributed by atoms with Crippen LogP contribution in [0.25, 0.3) is 0 Å². The summed E-state index contributed by atoms with van der Waals surface area (Å²) >= 11 is 0. The second-order valence-corrected chi connectivity index (χ2v) is 9.88. The number of nitrogens with one attached hydrogen (secondary N) is 1. The Bertz CT molecular complexity index is 634. The van der Waals surface area contributed by atoms with Gasteiger partial charge in [0.05, 0.1) is 0 Å². The van der Waals surface area contributed by atoms with Crippen molar-refractivity contribution in [1.82, 2.24) is 20.0 Å². The molecule has 3 rings (SSSR count). The highest BCUT2D eigenvalue weighted by Crippen LogP contribution is 2.45. The third-order valence-corrected chi connectivity index (χ3v) is 7.77. The number of nitrogens with zero attached hydrogens (tertiary/aromatic N) is 3. The molecule has 4 amide bonds. The number of hydrogen-bond acceptors (Lipinski definition) is 4. The summed E-state index contributed by atoms with van der Waals surface area (Å²) in [5.74, 6) is 0.178. The summed E-state index contributed by atoms with van der Waals surface area (Å²) in [5, 5.41) is 2.94. The molecule has 3 fully saturated rings. The van der Waals surface area contributed by atoms with E-state index in [4.69, 9.17) is 0 Å². The number of imide groups is 1. The van der Waals surface area contributed by atoms with Crippen molar-refractivity contribution in [2.24, 2.45) is 11.3 Å².